The second-order valence-electron chi connectivity index (χ2n) is 9.21. The number of rotatable bonds is 3. The monoisotopic (exact) mass is 385 g/mol. The van der Waals surface area contributed by atoms with E-state index in [1.165, 1.54) is 37.7 Å². The van der Waals surface area contributed by atoms with Gasteiger partial charge in [-0.1, -0.05) is 19.3 Å². The highest BCUT2D eigenvalue weighted by Crippen LogP contribution is 2.33. The maximum absolute atomic E-state index is 12.2. The number of aromatic nitrogens is 2. The fourth-order valence-corrected chi connectivity index (χ4v) is 5.25. The van der Waals surface area contributed by atoms with E-state index < -0.39 is 0 Å². The van der Waals surface area contributed by atoms with Gasteiger partial charge in [0.1, 0.15) is 5.82 Å². The Balaban J connectivity index is 1.40. The molecule has 154 valence electrons. The van der Waals surface area contributed by atoms with E-state index in [0.717, 1.165) is 51.4 Å². The van der Waals surface area contributed by atoms with Crippen LogP contribution in [0.15, 0.2) is 12.4 Å². The number of amides is 1. The molecule has 0 radical (unpaired) electrons. The van der Waals surface area contributed by atoms with Crippen molar-refractivity contribution in [3.8, 4) is 0 Å². The van der Waals surface area contributed by atoms with Gasteiger partial charge in [-0.2, -0.15) is 0 Å². The summed E-state index contributed by atoms with van der Waals surface area (Å²) in [5.74, 6) is 1.90. The third-order valence-corrected chi connectivity index (χ3v) is 7.32. The minimum atomic E-state index is 0.113. The molecule has 1 atom stereocenters. The Morgan fingerprint density at radius 1 is 1.04 bits per heavy atom. The quantitative estimate of drug-likeness (QED) is 0.801. The van der Waals surface area contributed by atoms with Crippen molar-refractivity contribution in [1.29, 1.82) is 0 Å². The second kappa shape index (κ2) is 8.46. The molecule has 1 saturated carbocycles. The Kier molecular flexibility index (Phi) is 5.97. The van der Waals surface area contributed by atoms with Crippen LogP contribution in [-0.4, -0.2) is 76.4 Å². The summed E-state index contributed by atoms with van der Waals surface area (Å²) in [5.41, 5.74) is 1.32. The van der Waals surface area contributed by atoms with E-state index in [1.807, 2.05) is 24.3 Å². The molecule has 1 spiro atoms. The summed E-state index contributed by atoms with van der Waals surface area (Å²) in [6.07, 6.45) is 13.3. The highest BCUT2D eigenvalue weighted by atomic mass is 16.2. The first-order chi connectivity index (χ1) is 13.6. The van der Waals surface area contributed by atoms with Crippen molar-refractivity contribution in [1.82, 2.24) is 24.7 Å². The Labute approximate surface area is 169 Å². The van der Waals surface area contributed by atoms with E-state index in [4.69, 9.17) is 9.97 Å². The molecule has 1 aromatic rings. The van der Waals surface area contributed by atoms with Gasteiger partial charge in [0.15, 0.2) is 0 Å². The number of likely N-dealkylation sites (N-methyl/N-ethyl adjacent to an activating group) is 1. The second-order valence-corrected chi connectivity index (χ2v) is 9.21. The van der Waals surface area contributed by atoms with Crippen LogP contribution in [0.4, 0.5) is 0 Å². The standard InChI is InChI=1S/C22H35N5O/c1-25-11-10-22(9-8-20(25)28)17-27(13-12-26(22)2)16-18-14-23-21(24-15-18)19-6-4-3-5-7-19/h14-15,19H,3-13,16-17H2,1-2H3. The van der Waals surface area contributed by atoms with Crippen LogP contribution in [0.25, 0.3) is 0 Å². The number of nitrogens with zero attached hydrogens (tertiary/aromatic N) is 5. The Morgan fingerprint density at radius 3 is 2.54 bits per heavy atom. The van der Waals surface area contributed by atoms with Gasteiger partial charge >= 0.3 is 0 Å². The molecule has 6 nitrogen and oxygen atoms in total. The summed E-state index contributed by atoms with van der Waals surface area (Å²) in [6, 6.07) is 0. The fraction of sp³-hybridized carbons (Fsp3) is 0.773. The highest BCUT2D eigenvalue weighted by Gasteiger charge is 2.41. The molecule has 2 aliphatic heterocycles. The summed E-state index contributed by atoms with van der Waals surface area (Å²) in [6.45, 7) is 4.90. The van der Waals surface area contributed by atoms with Crippen molar-refractivity contribution in [3.05, 3.63) is 23.8 Å². The van der Waals surface area contributed by atoms with E-state index in [1.54, 1.807) is 0 Å². The van der Waals surface area contributed by atoms with Crippen molar-refractivity contribution in [2.75, 3.05) is 40.3 Å². The van der Waals surface area contributed by atoms with Gasteiger partial charge in [0, 0.05) is 75.6 Å². The SMILES string of the molecule is CN1CCC2(CCC1=O)CN(Cc1cnc(C3CCCCC3)nc1)CCN2C. The first-order valence-electron chi connectivity index (χ1n) is 11.0. The van der Waals surface area contributed by atoms with Gasteiger partial charge < -0.3 is 4.90 Å². The molecule has 1 amide bonds. The Hall–Kier alpha value is -1.53. The lowest BCUT2D eigenvalue weighted by molar-refractivity contribution is -0.129. The maximum Gasteiger partial charge on any atom is 0.222 e. The zero-order valence-corrected chi connectivity index (χ0v) is 17.6. The molecule has 4 rings (SSSR count). The number of hydrogen-bond donors (Lipinski definition) is 0. The molecule has 3 heterocycles. The Morgan fingerprint density at radius 2 is 1.79 bits per heavy atom. The van der Waals surface area contributed by atoms with E-state index in [0.29, 0.717) is 12.3 Å². The third kappa shape index (κ3) is 4.23. The molecule has 28 heavy (non-hydrogen) atoms. The van der Waals surface area contributed by atoms with Crippen LogP contribution in [0, 0.1) is 0 Å². The zero-order valence-electron chi connectivity index (χ0n) is 17.6. The maximum atomic E-state index is 12.2. The van der Waals surface area contributed by atoms with Crippen LogP contribution >= 0.6 is 0 Å². The van der Waals surface area contributed by atoms with Gasteiger partial charge in [-0.05, 0) is 32.7 Å². The van der Waals surface area contributed by atoms with Gasteiger partial charge in [-0.3, -0.25) is 14.6 Å². The lowest BCUT2D eigenvalue weighted by atomic mass is 9.86. The molecular formula is C22H35N5O. The van der Waals surface area contributed by atoms with Crippen molar-refractivity contribution in [3.63, 3.8) is 0 Å². The smallest absolute Gasteiger partial charge is 0.222 e. The van der Waals surface area contributed by atoms with Crippen LogP contribution in [0.5, 0.6) is 0 Å². The van der Waals surface area contributed by atoms with Gasteiger partial charge in [0.2, 0.25) is 5.91 Å². The predicted molar refractivity (Wildman–Crippen MR) is 110 cm³/mol. The van der Waals surface area contributed by atoms with E-state index in [9.17, 15) is 4.79 Å². The molecule has 0 N–H and O–H groups in total. The largest absolute Gasteiger partial charge is 0.346 e. The molecule has 1 aromatic heterocycles. The van der Waals surface area contributed by atoms with Crippen LogP contribution in [0.2, 0.25) is 0 Å². The van der Waals surface area contributed by atoms with Crippen molar-refractivity contribution in [2.24, 2.45) is 0 Å². The van der Waals surface area contributed by atoms with E-state index in [2.05, 4.69) is 16.8 Å². The molecular weight excluding hydrogens is 350 g/mol. The van der Waals surface area contributed by atoms with Crippen molar-refractivity contribution in [2.45, 2.75) is 69.4 Å². The number of carbonyl (C=O) groups excluding carboxylic acids is 1. The van der Waals surface area contributed by atoms with E-state index >= 15 is 0 Å². The van der Waals surface area contributed by atoms with E-state index in [-0.39, 0.29) is 11.4 Å². The number of likely N-dealkylation sites (tertiary alicyclic amines) is 1. The Bertz CT molecular complexity index is 672. The van der Waals surface area contributed by atoms with Crippen LogP contribution < -0.4 is 0 Å². The lowest BCUT2D eigenvalue weighted by Crippen LogP contribution is -2.60. The molecule has 2 saturated heterocycles. The van der Waals surface area contributed by atoms with Crippen LogP contribution in [0.1, 0.15) is 68.7 Å². The molecule has 1 unspecified atom stereocenters. The summed E-state index contributed by atoms with van der Waals surface area (Å²) >= 11 is 0. The predicted octanol–water partition coefficient (Wildman–Crippen LogP) is 2.65. The minimum Gasteiger partial charge on any atom is -0.346 e. The van der Waals surface area contributed by atoms with Crippen LogP contribution in [-0.2, 0) is 11.3 Å². The normalized spacial score (nSPS) is 28.6. The number of carbonyl (C=O) groups is 1. The molecule has 0 bridgehead atoms. The van der Waals surface area contributed by atoms with Crippen LogP contribution in [0.3, 0.4) is 0 Å². The molecule has 3 aliphatic rings. The average molecular weight is 386 g/mol. The van der Waals surface area contributed by atoms with Crippen molar-refractivity contribution < 1.29 is 4.79 Å². The fourth-order valence-electron chi connectivity index (χ4n) is 5.25. The number of piperazine rings is 1. The molecule has 6 heteroatoms. The van der Waals surface area contributed by atoms with Gasteiger partial charge in [0.25, 0.3) is 0 Å². The summed E-state index contributed by atoms with van der Waals surface area (Å²) < 4.78 is 0. The zero-order chi connectivity index (χ0) is 19.6. The minimum absolute atomic E-state index is 0.113. The molecule has 1 aliphatic carbocycles. The highest BCUT2D eigenvalue weighted by molar-refractivity contribution is 5.76. The summed E-state index contributed by atoms with van der Waals surface area (Å²) in [4.78, 5) is 28.5. The summed E-state index contributed by atoms with van der Waals surface area (Å²) in [7, 11) is 4.17. The summed E-state index contributed by atoms with van der Waals surface area (Å²) in [5, 5.41) is 0. The average Bonchev–Trinajstić information content (AvgIpc) is 2.87. The van der Waals surface area contributed by atoms with Gasteiger partial charge in [0.05, 0.1) is 0 Å². The van der Waals surface area contributed by atoms with Gasteiger partial charge in [-0.15, -0.1) is 0 Å². The van der Waals surface area contributed by atoms with Gasteiger partial charge in [-0.25, -0.2) is 9.97 Å². The molecule has 3 fully saturated rings. The van der Waals surface area contributed by atoms with Crippen molar-refractivity contribution >= 4 is 5.91 Å². The number of hydrogen-bond acceptors (Lipinski definition) is 5. The first-order valence-corrected chi connectivity index (χ1v) is 11.0. The first kappa shape index (κ1) is 19.8. The molecule has 0 aromatic carbocycles. The third-order valence-electron chi connectivity index (χ3n) is 7.32. The lowest BCUT2D eigenvalue weighted by Gasteiger charge is -2.49. The topological polar surface area (TPSA) is 52.6 Å².